The van der Waals surface area contributed by atoms with Crippen LogP contribution in [0.2, 0.25) is 0 Å². The van der Waals surface area contributed by atoms with Gasteiger partial charge >= 0.3 is 0 Å². The van der Waals surface area contributed by atoms with E-state index in [1.165, 1.54) is 20.3 Å². The van der Waals surface area contributed by atoms with E-state index in [0.717, 1.165) is 37.1 Å². The number of benzene rings is 2. The van der Waals surface area contributed by atoms with Gasteiger partial charge in [0.05, 0.1) is 20.3 Å². The summed E-state index contributed by atoms with van der Waals surface area (Å²) in [5, 5.41) is 10.1. The maximum Gasteiger partial charge on any atom is 0.200 e. The SMILES string of the molecule is COc1cc(CN(Cc2cccc(F)c2)CC2CCCO2)cc(OC)c1O. The molecule has 0 amide bonds. The zero-order chi connectivity index (χ0) is 19.2. The Kier molecular flexibility index (Phi) is 6.53. The summed E-state index contributed by atoms with van der Waals surface area (Å²) in [5.74, 6) is 0.483. The van der Waals surface area contributed by atoms with Crippen molar-refractivity contribution in [3.63, 3.8) is 0 Å². The predicted molar refractivity (Wildman–Crippen MR) is 101 cm³/mol. The standard InChI is InChI=1S/C21H26FNO4/c1-25-19-10-16(11-20(26-2)21(19)24)13-23(14-18-7-4-8-27-18)12-15-5-3-6-17(22)9-15/h3,5-6,9-11,18,24H,4,7-8,12-14H2,1-2H3. The number of methoxy groups -OCH3 is 2. The van der Waals surface area contributed by atoms with Gasteiger partial charge in [-0.2, -0.15) is 0 Å². The summed E-state index contributed by atoms with van der Waals surface area (Å²) in [5.41, 5.74) is 1.85. The van der Waals surface area contributed by atoms with Gasteiger partial charge in [0.15, 0.2) is 11.5 Å². The Balaban J connectivity index is 1.81. The summed E-state index contributed by atoms with van der Waals surface area (Å²) in [6, 6.07) is 10.2. The zero-order valence-electron chi connectivity index (χ0n) is 15.8. The normalized spacial score (nSPS) is 16.7. The number of phenols is 1. The Morgan fingerprint density at radius 3 is 2.41 bits per heavy atom. The highest BCUT2D eigenvalue weighted by atomic mass is 19.1. The van der Waals surface area contributed by atoms with Crippen LogP contribution in [0, 0.1) is 5.82 Å². The van der Waals surface area contributed by atoms with Crippen molar-refractivity contribution in [2.75, 3.05) is 27.4 Å². The Labute approximate surface area is 159 Å². The molecular formula is C21H26FNO4. The Morgan fingerprint density at radius 1 is 1.11 bits per heavy atom. The molecule has 5 nitrogen and oxygen atoms in total. The summed E-state index contributed by atoms with van der Waals surface area (Å²) >= 11 is 0. The van der Waals surface area contributed by atoms with Crippen molar-refractivity contribution in [2.45, 2.75) is 32.0 Å². The monoisotopic (exact) mass is 375 g/mol. The van der Waals surface area contributed by atoms with Gasteiger partial charge in [0, 0.05) is 26.2 Å². The van der Waals surface area contributed by atoms with Crippen LogP contribution >= 0.6 is 0 Å². The van der Waals surface area contributed by atoms with Gasteiger partial charge in [0.2, 0.25) is 5.75 Å². The number of nitrogens with zero attached hydrogens (tertiary/aromatic N) is 1. The Morgan fingerprint density at radius 2 is 1.81 bits per heavy atom. The molecule has 0 aliphatic carbocycles. The van der Waals surface area contributed by atoms with Crippen molar-refractivity contribution in [1.82, 2.24) is 4.90 Å². The topological polar surface area (TPSA) is 51.2 Å². The lowest BCUT2D eigenvalue weighted by Gasteiger charge is -2.26. The van der Waals surface area contributed by atoms with Crippen molar-refractivity contribution in [3.05, 3.63) is 53.3 Å². The number of phenolic OH excluding ortho intramolecular Hbond substituents is 1. The molecule has 0 spiro atoms. The largest absolute Gasteiger partial charge is 0.502 e. The molecule has 0 aromatic heterocycles. The third-order valence-corrected chi connectivity index (χ3v) is 4.73. The molecule has 0 saturated carbocycles. The summed E-state index contributed by atoms with van der Waals surface area (Å²) in [6.45, 7) is 2.74. The lowest BCUT2D eigenvalue weighted by molar-refractivity contribution is 0.0678. The zero-order valence-corrected chi connectivity index (χ0v) is 15.8. The van der Waals surface area contributed by atoms with Crippen LogP contribution in [0.5, 0.6) is 17.2 Å². The second-order valence-corrected chi connectivity index (χ2v) is 6.78. The molecule has 1 unspecified atom stereocenters. The summed E-state index contributed by atoms with van der Waals surface area (Å²) in [7, 11) is 3.02. The highest BCUT2D eigenvalue weighted by Gasteiger charge is 2.21. The molecule has 1 aliphatic heterocycles. The van der Waals surface area contributed by atoms with E-state index in [9.17, 15) is 9.50 Å². The van der Waals surface area contributed by atoms with Crippen LogP contribution in [0.25, 0.3) is 0 Å². The molecule has 1 saturated heterocycles. The maximum absolute atomic E-state index is 13.6. The van der Waals surface area contributed by atoms with Gasteiger partial charge in [-0.1, -0.05) is 12.1 Å². The molecule has 1 atom stereocenters. The van der Waals surface area contributed by atoms with E-state index in [2.05, 4.69) is 4.90 Å². The first-order chi connectivity index (χ1) is 13.1. The highest BCUT2D eigenvalue weighted by Crippen LogP contribution is 2.37. The predicted octanol–water partition coefficient (Wildman–Crippen LogP) is 3.73. The van der Waals surface area contributed by atoms with Crippen LogP contribution in [0.3, 0.4) is 0 Å². The van der Waals surface area contributed by atoms with Crippen molar-refractivity contribution in [1.29, 1.82) is 0 Å². The van der Waals surface area contributed by atoms with Crippen LogP contribution in [-0.4, -0.2) is 43.5 Å². The summed E-state index contributed by atoms with van der Waals surface area (Å²) in [6.07, 6.45) is 2.28. The smallest absolute Gasteiger partial charge is 0.200 e. The number of halogens is 1. The molecule has 1 aliphatic rings. The van der Waals surface area contributed by atoms with Gasteiger partial charge in [-0.25, -0.2) is 4.39 Å². The lowest BCUT2D eigenvalue weighted by atomic mass is 10.1. The number of rotatable bonds is 8. The van der Waals surface area contributed by atoms with E-state index < -0.39 is 0 Å². The van der Waals surface area contributed by atoms with Gasteiger partial charge in [-0.05, 0) is 48.2 Å². The second kappa shape index (κ2) is 9.06. The molecule has 0 radical (unpaired) electrons. The minimum atomic E-state index is -0.238. The maximum atomic E-state index is 13.6. The number of hydrogen-bond donors (Lipinski definition) is 1. The fourth-order valence-electron chi connectivity index (χ4n) is 3.45. The van der Waals surface area contributed by atoms with Gasteiger partial charge in [-0.3, -0.25) is 4.90 Å². The fraction of sp³-hybridized carbons (Fsp3) is 0.429. The number of hydrogen-bond acceptors (Lipinski definition) is 5. The molecule has 6 heteroatoms. The Hall–Kier alpha value is -2.31. The molecule has 2 aromatic carbocycles. The van der Waals surface area contributed by atoms with Gasteiger partial charge in [0.25, 0.3) is 0 Å². The van der Waals surface area contributed by atoms with E-state index in [1.54, 1.807) is 24.3 Å². The molecule has 146 valence electrons. The quantitative estimate of drug-likeness (QED) is 0.762. The molecule has 2 aromatic rings. The molecule has 1 heterocycles. The molecular weight excluding hydrogens is 349 g/mol. The molecule has 27 heavy (non-hydrogen) atoms. The summed E-state index contributed by atoms with van der Waals surface area (Å²) in [4.78, 5) is 2.22. The van der Waals surface area contributed by atoms with Crippen LogP contribution in [0.15, 0.2) is 36.4 Å². The molecule has 1 fully saturated rings. The third kappa shape index (κ3) is 5.11. The van der Waals surface area contributed by atoms with Crippen molar-refractivity contribution < 1.29 is 23.7 Å². The highest BCUT2D eigenvalue weighted by molar-refractivity contribution is 5.52. The molecule has 1 N–H and O–H groups in total. The first kappa shape index (κ1) is 19.5. The van der Waals surface area contributed by atoms with Gasteiger partial charge < -0.3 is 19.3 Å². The molecule has 3 rings (SSSR count). The van der Waals surface area contributed by atoms with Gasteiger partial charge in [-0.15, -0.1) is 0 Å². The number of ether oxygens (including phenoxy) is 3. The van der Waals surface area contributed by atoms with Crippen LogP contribution in [-0.2, 0) is 17.8 Å². The van der Waals surface area contributed by atoms with Gasteiger partial charge in [0.1, 0.15) is 5.82 Å². The first-order valence-electron chi connectivity index (χ1n) is 9.11. The minimum Gasteiger partial charge on any atom is -0.502 e. The average Bonchev–Trinajstić information content (AvgIpc) is 3.16. The van der Waals surface area contributed by atoms with E-state index in [-0.39, 0.29) is 17.7 Å². The minimum absolute atomic E-state index is 0.0143. The van der Waals surface area contributed by atoms with E-state index in [4.69, 9.17) is 14.2 Å². The van der Waals surface area contributed by atoms with Crippen LogP contribution in [0.4, 0.5) is 4.39 Å². The lowest BCUT2D eigenvalue weighted by Crippen LogP contribution is -2.31. The van der Waals surface area contributed by atoms with E-state index in [0.29, 0.717) is 24.6 Å². The van der Waals surface area contributed by atoms with Crippen molar-refractivity contribution >= 4 is 0 Å². The number of aromatic hydroxyl groups is 1. The molecule has 0 bridgehead atoms. The first-order valence-corrected chi connectivity index (χ1v) is 9.11. The Bertz CT molecular complexity index is 737. The van der Waals surface area contributed by atoms with Crippen LogP contribution in [0.1, 0.15) is 24.0 Å². The van der Waals surface area contributed by atoms with Crippen molar-refractivity contribution in [2.24, 2.45) is 0 Å². The second-order valence-electron chi connectivity index (χ2n) is 6.78. The van der Waals surface area contributed by atoms with E-state index in [1.807, 2.05) is 6.07 Å². The summed E-state index contributed by atoms with van der Waals surface area (Å²) < 4.78 is 29.9. The van der Waals surface area contributed by atoms with E-state index >= 15 is 0 Å². The fourth-order valence-corrected chi connectivity index (χ4v) is 3.45. The van der Waals surface area contributed by atoms with Crippen LogP contribution < -0.4 is 9.47 Å². The van der Waals surface area contributed by atoms with Crippen molar-refractivity contribution in [3.8, 4) is 17.2 Å². The third-order valence-electron chi connectivity index (χ3n) is 4.73. The average molecular weight is 375 g/mol.